The fourth-order valence-corrected chi connectivity index (χ4v) is 3.67. The lowest BCUT2D eigenvalue weighted by atomic mass is 10.2. The van der Waals surface area contributed by atoms with Gasteiger partial charge in [0.25, 0.3) is 0 Å². The van der Waals surface area contributed by atoms with Gasteiger partial charge in [0, 0.05) is 27.4 Å². The van der Waals surface area contributed by atoms with Crippen LogP contribution in [0.3, 0.4) is 0 Å². The summed E-state index contributed by atoms with van der Waals surface area (Å²) in [5.74, 6) is 0.873. The van der Waals surface area contributed by atoms with Gasteiger partial charge in [-0.2, -0.15) is 0 Å². The lowest BCUT2D eigenvalue weighted by Crippen LogP contribution is -2.43. The molecule has 0 amide bonds. The van der Waals surface area contributed by atoms with Gasteiger partial charge >= 0.3 is 8.80 Å². The van der Waals surface area contributed by atoms with Crippen LogP contribution in [0, 0.1) is 0 Å². The van der Waals surface area contributed by atoms with Gasteiger partial charge in [-0.05, 0) is 24.1 Å². The maximum Gasteiger partial charge on any atom is 0.500 e. The molecule has 1 unspecified atom stereocenters. The van der Waals surface area contributed by atoms with Gasteiger partial charge in [-0.25, -0.2) is 0 Å². The second-order valence-corrected chi connectivity index (χ2v) is 7.80. The Morgan fingerprint density at radius 2 is 1.70 bits per heavy atom. The smallest absolute Gasteiger partial charge is 0.491 e. The normalized spacial score (nSPS) is 18.1. The molecule has 1 heterocycles. The lowest BCUT2D eigenvalue weighted by Gasteiger charge is -2.24. The molecule has 1 saturated heterocycles. The molecule has 2 rings (SSSR count). The third-order valence-electron chi connectivity index (χ3n) is 3.41. The summed E-state index contributed by atoms with van der Waals surface area (Å²) >= 11 is 0. The molecule has 112 valence electrons. The Labute approximate surface area is 121 Å². The van der Waals surface area contributed by atoms with Crippen LogP contribution < -0.4 is 4.74 Å². The Morgan fingerprint density at radius 1 is 1.10 bits per heavy atom. The van der Waals surface area contributed by atoms with Crippen LogP contribution >= 0.6 is 0 Å². The van der Waals surface area contributed by atoms with Crippen LogP contribution in [0.5, 0.6) is 5.75 Å². The predicted molar refractivity (Wildman–Crippen MR) is 77.0 cm³/mol. The zero-order valence-electron chi connectivity index (χ0n) is 12.3. The van der Waals surface area contributed by atoms with Gasteiger partial charge in [0.05, 0.1) is 6.61 Å². The van der Waals surface area contributed by atoms with Crippen LogP contribution in [0.25, 0.3) is 0 Å². The molecular formula is C14H22O5Si. The van der Waals surface area contributed by atoms with Crippen molar-refractivity contribution in [3.05, 3.63) is 29.8 Å². The molecule has 0 spiro atoms. The third-order valence-corrected chi connectivity index (χ3v) is 6.14. The number of epoxide rings is 1. The van der Waals surface area contributed by atoms with E-state index in [-0.39, 0.29) is 6.10 Å². The molecule has 1 aliphatic rings. The molecule has 5 nitrogen and oxygen atoms in total. The first kappa shape index (κ1) is 15.5. The van der Waals surface area contributed by atoms with E-state index in [1.54, 1.807) is 21.3 Å². The van der Waals surface area contributed by atoms with Crippen molar-refractivity contribution in [3.8, 4) is 5.75 Å². The Balaban J connectivity index is 1.83. The Bertz CT molecular complexity index is 392. The largest absolute Gasteiger partial charge is 0.500 e. The van der Waals surface area contributed by atoms with E-state index in [4.69, 9.17) is 22.8 Å². The molecule has 1 aromatic rings. The van der Waals surface area contributed by atoms with Gasteiger partial charge < -0.3 is 22.8 Å². The van der Waals surface area contributed by atoms with Crippen LogP contribution in [0.4, 0.5) is 0 Å². The van der Waals surface area contributed by atoms with Crippen molar-refractivity contribution in [1.82, 2.24) is 0 Å². The summed E-state index contributed by atoms with van der Waals surface area (Å²) in [5, 5.41) is 0. The van der Waals surface area contributed by atoms with E-state index < -0.39 is 8.80 Å². The third kappa shape index (κ3) is 4.29. The van der Waals surface area contributed by atoms with Gasteiger partial charge in [0.1, 0.15) is 18.5 Å². The van der Waals surface area contributed by atoms with Gasteiger partial charge in [-0.15, -0.1) is 0 Å². The number of hydrogen-bond donors (Lipinski definition) is 0. The minimum absolute atomic E-state index is 0.284. The van der Waals surface area contributed by atoms with E-state index >= 15 is 0 Å². The molecule has 0 N–H and O–H groups in total. The Hall–Kier alpha value is -0.923. The van der Waals surface area contributed by atoms with Gasteiger partial charge in [-0.1, -0.05) is 12.1 Å². The number of benzene rings is 1. The van der Waals surface area contributed by atoms with E-state index in [1.807, 2.05) is 12.1 Å². The molecule has 1 aliphatic heterocycles. The first-order valence-electron chi connectivity index (χ1n) is 6.70. The summed E-state index contributed by atoms with van der Waals surface area (Å²) in [6.07, 6.45) is 1.14. The summed E-state index contributed by atoms with van der Waals surface area (Å²) in [7, 11) is 2.42. The van der Waals surface area contributed by atoms with Crippen LogP contribution in [0.15, 0.2) is 24.3 Å². The summed E-state index contributed by atoms with van der Waals surface area (Å²) in [5.41, 5.74) is 1.21. The van der Waals surface area contributed by atoms with Gasteiger partial charge in [0.15, 0.2) is 0 Å². The molecule has 0 bridgehead atoms. The van der Waals surface area contributed by atoms with Gasteiger partial charge in [0.2, 0.25) is 0 Å². The molecule has 0 aliphatic carbocycles. The molecule has 1 aromatic carbocycles. The molecule has 20 heavy (non-hydrogen) atoms. The Kier molecular flexibility index (Phi) is 5.56. The molecule has 6 heteroatoms. The number of ether oxygens (including phenoxy) is 2. The van der Waals surface area contributed by atoms with E-state index in [0.29, 0.717) is 6.61 Å². The fraction of sp³-hybridized carbons (Fsp3) is 0.571. The maximum atomic E-state index is 5.60. The van der Waals surface area contributed by atoms with Crippen molar-refractivity contribution in [3.63, 3.8) is 0 Å². The minimum atomic E-state index is -2.48. The van der Waals surface area contributed by atoms with E-state index in [0.717, 1.165) is 24.8 Å². The average Bonchev–Trinajstić information content (AvgIpc) is 3.33. The number of rotatable bonds is 9. The second kappa shape index (κ2) is 7.19. The SMILES string of the molecule is CO[Si](CCc1ccc(OCC2CO2)cc1)(OC)OC. The molecule has 0 aromatic heterocycles. The monoisotopic (exact) mass is 298 g/mol. The lowest BCUT2D eigenvalue weighted by molar-refractivity contribution is 0.123. The first-order valence-corrected chi connectivity index (χ1v) is 8.63. The highest BCUT2D eigenvalue weighted by Gasteiger charge is 2.37. The van der Waals surface area contributed by atoms with Crippen molar-refractivity contribution in [1.29, 1.82) is 0 Å². The van der Waals surface area contributed by atoms with Crippen molar-refractivity contribution in [2.24, 2.45) is 0 Å². The Morgan fingerprint density at radius 3 is 2.20 bits per heavy atom. The summed E-state index contributed by atoms with van der Waals surface area (Å²) < 4.78 is 26.9. The van der Waals surface area contributed by atoms with Crippen LogP contribution in [0.1, 0.15) is 5.56 Å². The van der Waals surface area contributed by atoms with Crippen LogP contribution in [0.2, 0.25) is 6.04 Å². The van der Waals surface area contributed by atoms with Crippen molar-refractivity contribution >= 4 is 8.80 Å². The van der Waals surface area contributed by atoms with Crippen molar-refractivity contribution < 1.29 is 22.8 Å². The van der Waals surface area contributed by atoms with E-state index in [9.17, 15) is 0 Å². The minimum Gasteiger partial charge on any atom is -0.491 e. The van der Waals surface area contributed by atoms with Crippen LogP contribution in [-0.4, -0.2) is 49.5 Å². The van der Waals surface area contributed by atoms with Gasteiger partial charge in [-0.3, -0.25) is 0 Å². The molecule has 1 fully saturated rings. The standard InChI is InChI=1S/C14H22O5Si/c1-15-20(16-2,17-3)9-8-12-4-6-13(7-5-12)18-10-14-11-19-14/h4-7,14H,8-11H2,1-3H3. The fourth-order valence-electron chi connectivity index (χ4n) is 1.96. The average molecular weight is 298 g/mol. The highest BCUT2D eigenvalue weighted by molar-refractivity contribution is 6.60. The summed E-state index contributed by atoms with van der Waals surface area (Å²) in [6, 6.07) is 8.83. The highest BCUT2D eigenvalue weighted by atomic mass is 28.4. The highest BCUT2D eigenvalue weighted by Crippen LogP contribution is 2.20. The number of aryl methyl sites for hydroxylation is 1. The first-order chi connectivity index (χ1) is 9.71. The maximum absolute atomic E-state index is 5.60. The zero-order chi connectivity index (χ0) is 14.4. The second-order valence-electron chi connectivity index (χ2n) is 4.71. The van der Waals surface area contributed by atoms with Crippen molar-refractivity contribution in [2.45, 2.75) is 18.6 Å². The summed E-state index contributed by atoms with van der Waals surface area (Å²) in [4.78, 5) is 0. The summed E-state index contributed by atoms with van der Waals surface area (Å²) in [6.45, 7) is 1.45. The zero-order valence-corrected chi connectivity index (χ0v) is 13.3. The molecule has 0 radical (unpaired) electrons. The molecule has 1 atom stereocenters. The molecular weight excluding hydrogens is 276 g/mol. The van der Waals surface area contributed by atoms with Crippen LogP contribution in [-0.2, 0) is 24.4 Å². The molecule has 0 saturated carbocycles. The van der Waals surface area contributed by atoms with E-state index in [2.05, 4.69) is 12.1 Å². The van der Waals surface area contributed by atoms with E-state index in [1.165, 1.54) is 5.56 Å². The number of hydrogen-bond acceptors (Lipinski definition) is 5. The van der Waals surface area contributed by atoms with Crippen molar-refractivity contribution in [2.75, 3.05) is 34.5 Å². The topological polar surface area (TPSA) is 49.5 Å². The predicted octanol–water partition coefficient (Wildman–Crippen LogP) is 1.88. The quantitative estimate of drug-likeness (QED) is 0.515.